The molecule has 3 aromatic rings. The number of hydrogen-bond acceptors (Lipinski definition) is 4. The summed E-state index contributed by atoms with van der Waals surface area (Å²) in [6.07, 6.45) is -0.382. The van der Waals surface area contributed by atoms with Gasteiger partial charge >= 0.3 is 0 Å². The van der Waals surface area contributed by atoms with Gasteiger partial charge in [0.25, 0.3) is 5.91 Å². The number of amides is 1. The molecule has 0 bridgehead atoms. The fourth-order valence-electron chi connectivity index (χ4n) is 3.72. The van der Waals surface area contributed by atoms with Gasteiger partial charge in [-0.25, -0.2) is 0 Å². The maximum Gasteiger partial charge on any atom is 0.258 e. The van der Waals surface area contributed by atoms with E-state index in [-0.39, 0.29) is 12.1 Å². The molecule has 0 spiro atoms. The van der Waals surface area contributed by atoms with Crippen molar-refractivity contribution in [1.29, 1.82) is 0 Å². The number of anilines is 1. The fourth-order valence-corrected chi connectivity index (χ4v) is 3.72. The Balaban J connectivity index is 1.81. The van der Waals surface area contributed by atoms with Gasteiger partial charge in [0.05, 0.1) is 19.3 Å². The first-order valence-electron chi connectivity index (χ1n) is 9.73. The first kappa shape index (κ1) is 18.9. The molecule has 1 atom stereocenters. The van der Waals surface area contributed by atoms with Crippen molar-refractivity contribution in [1.82, 2.24) is 4.90 Å². The third-order valence-corrected chi connectivity index (χ3v) is 5.03. The molecule has 0 fully saturated rings. The Bertz CT molecular complexity index is 1000. The van der Waals surface area contributed by atoms with Gasteiger partial charge in [-0.1, -0.05) is 54.6 Å². The zero-order valence-electron chi connectivity index (χ0n) is 16.6. The summed E-state index contributed by atoms with van der Waals surface area (Å²) >= 11 is 0. The molecular formula is C24H24N2O3. The molecule has 1 amide bonds. The van der Waals surface area contributed by atoms with Crippen molar-refractivity contribution in [2.75, 3.05) is 19.0 Å². The van der Waals surface area contributed by atoms with Crippen molar-refractivity contribution in [3.8, 4) is 11.5 Å². The number of fused-ring (bicyclic) bond motifs is 1. The molecule has 3 aromatic carbocycles. The van der Waals surface area contributed by atoms with E-state index >= 15 is 0 Å². The number of nitrogens with one attached hydrogen (secondary N) is 1. The van der Waals surface area contributed by atoms with Crippen molar-refractivity contribution in [2.45, 2.75) is 19.6 Å². The van der Waals surface area contributed by atoms with E-state index in [1.807, 2.05) is 84.6 Å². The van der Waals surface area contributed by atoms with Crippen molar-refractivity contribution < 1.29 is 14.3 Å². The van der Waals surface area contributed by atoms with Crippen molar-refractivity contribution in [3.63, 3.8) is 0 Å². The Morgan fingerprint density at radius 2 is 1.72 bits per heavy atom. The highest BCUT2D eigenvalue weighted by Gasteiger charge is 2.35. The second-order valence-electron chi connectivity index (χ2n) is 6.82. The minimum Gasteiger partial charge on any atom is -0.492 e. The van der Waals surface area contributed by atoms with Crippen molar-refractivity contribution in [3.05, 3.63) is 89.5 Å². The molecule has 5 heteroatoms. The lowest BCUT2D eigenvalue weighted by Crippen LogP contribution is -2.42. The van der Waals surface area contributed by atoms with Crippen LogP contribution in [0, 0.1) is 0 Å². The van der Waals surface area contributed by atoms with Crippen LogP contribution < -0.4 is 14.8 Å². The summed E-state index contributed by atoms with van der Waals surface area (Å²) in [4.78, 5) is 15.3. The average molecular weight is 388 g/mol. The molecule has 0 radical (unpaired) electrons. The molecule has 0 saturated carbocycles. The molecule has 5 nitrogen and oxygen atoms in total. The Kier molecular flexibility index (Phi) is 5.38. The molecule has 0 aliphatic carbocycles. The number of hydrogen-bond donors (Lipinski definition) is 1. The highest BCUT2D eigenvalue weighted by molar-refractivity contribution is 6.01. The molecule has 1 N–H and O–H groups in total. The SMILES string of the molecule is CCOc1cccc([C@H]2Nc3ccccc3C(=O)N2Cc2ccccc2)c1OC. The third kappa shape index (κ3) is 3.63. The summed E-state index contributed by atoms with van der Waals surface area (Å²) in [7, 11) is 1.63. The van der Waals surface area contributed by atoms with E-state index in [0.29, 0.717) is 30.2 Å². The second-order valence-corrected chi connectivity index (χ2v) is 6.82. The van der Waals surface area contributed by atoms with Gasteiger partial charge in [0, 0.05) is 17.8 Å². The molecule has 0 aromatic heterocycles. The predicted octanol–water partition coefficient (Wildman–Crippen LogP) is 4.86. The molecular weight excluding hydrogens is 364 g/mol. The van der Waals surface area contributed by atoms with E-state index in [1.54, 1.807) is 7.11 Å². The fraction of sp³-hybridized carbons (Fsp3) is 0.208. The van der Waals surface area contributed by atoms with E-state index in [4.69, 9.17) is 9.47 Å². The van der Waals surface area contributed by atoms with Gasteiger partial charge in [0.2, 0.25) is 0 Å². The van der Waals surface area contributed by atoms with Crippen LogP contribution in [0.5, 0.6) is 11.5 Å². The van der Waals surface area contributed by atoms with Crippen LogP contribution in [-0.2, 0) is 6.54 Å². The highest BCUT2D eigenvalue weighted by Crippen LogP contribution is 2.41. The largest absolute Gasteiger partial charge is 0.492 e. The normalized spacial score (nSPS) is 15.4. The number of carbonyl (C=O) groups excluding carboxylic acids is 1. The van der Waals surface area contributed by atoms with Crippen LogP contribution in [0.25, 0.3) is 0 Å². The molecule has 0 unspecified atom stereocenters. The summed E-state index contributed by atoms with van der Waals surface area (Å²) in [6.45, 7) is 2.95. The highest BCUT2D eigenvalue weighted by atomic mass is 16.5. The smallest absolute Gasteiger partial charge is 0.258 e. The van der Waals surface area contributed by atoms with Crippen LogP contribution in [0.4, 0.5) is 5.69 Å². The maximum absolute atomic E-state index is 13.4. The van der Waals surface area contributed by atoms with Crippen LogP contribution in [0.1, 0.15) is 34.6 Å². The monoisotopic (exact) mass is 388 g/mol. The minimum atomic E-state index is -0.382. The van der Waals surface area contributed by atoms with E-state index < -0.39 is 0 Å². The molecule has 0 saturated heterocycles. The minimum absolute atomic E-state index is 0.0166. The summed E-state index contributed by atoms with van der Waals surface area (Å²) in [5.74, 6) is 1.29. The van der Waals surface area contributed by atoms with E-state index in [1.165, 1.54) is 0 Å². The number of nitrogens with zero attached hydrogens (tertiary/aromatic N) is 1. The van der Waals surface area contributed by atoms with Gasteiger partial charge in [-0.3, -0.25) is 4.79 Å². The lowest BCUT2D eigenvalue weighted by atomic mass is 10.0. The lowest BCUT2D eigenvalue weighted by molar-refractivity contribution is 0.0664. The van der Waals surface area contributed by atoms with E-state index in [2.05, 4.69) is 5.32 Å². The van der Waals surface area contributed by atoms with Crippen LogP contribution in [0.3, 0.4) is 0 Å². The van der Waals surface area contributed by atoms with Crippen LogP contribution >= 0.6 is 0 Å². The third-order valence-electron chi connectivity index (χ3n) is 5.03. The Morgan fingerprint density at radius 1 is 0.966 bits per heavy atom. The molecule has 1 heterocycles. The number of ether oxygens (including phenoxy) is 2. The van der Waals surface area contributed by atoms with Gasteiger partial charge < -0.3 is 19.7 Å². The predicted molar refractivity (Wildman–Crippen MR) is 113 cm³/mol. The molecule has 4 rings (SSSR count). The Morgan fingerprint density at radius 3 is 2.48 bits per heavy atom. The summed E-state index contributed by atoms with van der Waals surface area (Å²) < 4.78 is 11.5. The average Bonchev–Trinajstić information content (AvgIpc) is 2.76. The van der Waals surface area contributed by atoms with Crippen LogP contribution in [0.2, 0.25) is 0 Å². The number of benzene rings is 3. The standard InChI is InChI=1S/C24H24N2O3/c1-3-29-21-15-9-13-19(22(21)28-2)23-25-20-14-8-7-12-18(20)24(27)26(23)16-17-10-5-4-6-11-17/h4-15,23,25H,3,16H2,1-2H3/t23-/m0/s1. The van der Waals surface area contributed by atoms with Crippen molar-refractivity contribution in [2.24, 2.45) is 0 Å². The van der Waals surface area contributed by atoms with Crippen LogP contribution in [0.15, 0.2) is 72.8 Å². The van der Waals surface area contributed by atoms with Gasteiger partial charge in [-0.2, -0.15) is 0 Å². The van der Waals surface area contributed by atoms with Gasteiger partial charge in [0.15, 0.2) is 11.5 Å². The molecule has 1 aliphatic heterocycles. The first-order chi connectivity index (χ1) is 14.2. The van der Waals surface area contributed by atoms with Crippen LogP contribution in [-0.4, -0.2) is 24.5 Å². The lowest BCUT2D eigenvalue weighted by Gasteiger charge is -2.38. The zero-order chi connectivity index (χ0) is 20.2. The summed E-state index contributed by atoms with van der Waals surface area (Å²) in [6, 6.07) is 23.4. The van der Waals surface area contributed by atoms with Gasteiger partial charge in [-0.05, 0) is 30.7 Å². The van der Waals surface area contributed by atoms with Gasteiger partial charge in [-0.15, -0.1) is 0 Å². The number of rotatable bonds is 6. The van der Waals surface area contributed by atoms with Crippen molar-refractivity contribution >= 4 is 11.6 Å². The molecule has 29 heavy (non-hydrogen) atoms. The second kappa shape index (κ2) is 8.27. The zero-order valence-corrected chi connectivity index (χ0v) is 16.6. The summed E-state index contributed by atoms with van der Waals surface area (Å²) in [5, 5.41) is 3.53. The molecule has 148 valence electrons. The van der Waals surface area contributed by atoms with Gasteiger partial charge in [0.1, 0.15) is 6.17 Å². The van der Waals surface area contributed by atoms with E-state index in [9.17, 15) is 4.79 Å². The first-order valence-corrected chi connectivity index (χ1v) is 9.73. The topological polar surface area (TPSA) is 50.8 Å². The number of methoxy groups -OCH3 is 1. The number of carbonyl (C=O) groups is 1. The molecule has 1 aliphatic rings. The number of para-hydroxylation sites is 2. The Labute approximate surface area is 170 Å². The summed E-state index contributed by atoms with van der Waals surface area (Å²) in [5.41, 5.74) is 3.40. The quantitative estimate of drug-likeness (QED) is 0.655. The maximum atomic E-state index is 13.4. The van der Waals surface area contributed by atoms with E-state index in [0.717, 1.165) is 16.8 Å². The Hall–Kier alpha value is -3.47.